The number of Topliss-reactive ketones (excluding diaryl/α,β-unsaturated/α-hetero) is 4. The van der Waals surface area contributed by atoms with Crippen molar-refractivity contribution in [3.8, 4) is 0 Å². The van der Waals surface area contributed by atoms with Gasteiger partial charge in [-0.2, -0.15) is 0 Å². The third-order valence-electron chi connectivity index (χ3n) is 2.83. The van der Waals surface area contributed by atoms with Gasteiger partial charge in [-0.05, 0) is 48.5 Å². The summed E-state index contributed by atoms with van der Waals surface area (Å²) in [5.74, 6) is -4.88. The fourth-order valence-electron chi connectivity index (χ4n) is 1.67. The van der Waals surface area contributed by atoms with Crippen LogP contribution >= 0.6 is 23.2 Å². The summed E-state index contributed by atoms with van der Waals surface area (Å²) in [4.78, 5) is 47.5. The van der Waals surface area contributed by atoms with Gasteiger partial charge in [0, 0.05) is 21.2 Å². The SMILES string of the molecule is O=C(C(=O)C(=O)c1ccc(Cl)cc1)C(=O)c1ccc(Cl)cc1. The predicted octanol–water partition coefficient (Wildman–Crippen LogP) is 3.20. The summed E-state index contributed by atoms with van der Waals surface area (Å²) in [6.45, 7) is 0. The molecule has 0 heterocycles. The standard InChI is InChI=1S/C16H8Cl2O4/c17-11-5-1-9(2-6-11)13(19)15(21)16(22)14(20)10-3-7-12(18)8-4-10/h1-8H. The van der Waals surface area contributed by atoms with E-state index in [0.717, 1.165) is 0 Å². The fraction of sp³-hybridized carbons (Fsp3) is 0. The highest BCUT2D eigenvalue weighted by atomic mass is 35.5. The first kappa shape index (κ1) is 16.1. The Bertz CT molecular complexity index is 694. The first-order valence-corrected chi connectivity index (χ1v) is 6.84. The van der Waals surface area contributed by atoms with Crippen LogP contribution in [-0.4, -0.2) is 23.1 Å². The molecule has 0 radical (unpaired) electrons. The van der Waals surface area contributed by atoms with E-state index in [9.17, 15) is 19.2 Å². The Kier molecular flexibility index (Phi) is 4.85. The zero-order chi connectivity index (χ0) is 16.3. The van der Waals surface area contributed by atoms with E-state index in [-0.39, 0.29) is 11.1 Å². The summed E-state index contributed by atoms with van der Waals surface area (Å²) in [6, 6.07) is 10.9. The summed E-state index contributed by atoms with van der Waals surface area (Å²) in [7, 11) is 0. The number of halogens is 2. The minimum absolute atomic E-state index is 0.00773. The summed E-state index contributed by atoms with van der Waals surface area (Å²) in [5, 5.41) is 0.764. The molecule has 0 aliphatic carbocycles. The fourth-order valence-corrected chi connectivity index (χ4v) is 1.92. The van der Waals surface area contributed by atoms with Gasteiger partial charge in [0.05, 0.1) is 0 Å². The monoisotopic (exact) mass is 334 g/mol. The van der Waals surface area contributed by atoms with Crippen LogP contribution in [0.1, 0.15) is 20.7 Å². The lowest BCUT2D eigenvalue weighted by molar-refractivity contribution is -0.131. The van der Waals surface area contributed by atoms with Crippen molar-refractivity contribution in [2.45, 2.75) is 0 Å². The van der Waals surface area contributed by atoms with Crippen LogP contribution in [0.3, 0.4) is 0 Å². The number of rotatable bonds is 5. The number of carbonyl (C=O) groups is 4. The molecular formula is C16H8Cl2O4. The smallest absolute Gasteiger partial charge is 0.277 e. The number of hydrogen-bond acceptors (Lipinski definition) is 4. The van der Waals surface area contributed by atoms with Crippen LogP contribution in [0, 0.1) is 0 Å². The van der Waals surface area contributed by atoms with Crippen molar-refractivity contribution in [2.75, 3.05) is 0 Å². The van der Waals surface area contributed by atoms with Gasteiger partial charge in [-0.1, -0.05) is 23.2 Å². The molecule has 0 aromatic heterocycles. The van der Waals surface area contributed by atoms with Crippen LogP contribution in [0.4, 0.5) is 0 Å². The summed E-state index contributed by atoms with van der Waals surface area (Å²) in [6.07, 6.45) is 0. The van der Waals surface area contributed by atoms with Crippen LogP contribution in [0.25, 0.3) is 0 Å². The first-order valence-electron chi connectivity index (χ1n) is 6.09. The maximum atomic E-state index is 11.9. The average Bonchev–Trinajstić information content (AvgIpc) is 2.53. The molecule has 0 unspecified atom stereocenters. The van der Waals surface area contributed by atoms with E-state index in [0.29, 0.717) is 10.0 Å². The lowest BCUT2D eigenvalue weighted by Gasteiger charge is -2.01. The van der Waals surface area contributed by atoms with E-state index in [1.165, 1.54) is 48.5 Å². The number of benzene rings is 2. The third kappa shape index (κ3) is 3.47. The Morgan fingerprint density at radius 3 is 1.09 bits per heavy atom. The van der Waals surface area contributed by atoms with Crippen LogP contribution in [0.2, 0.25) is 10.0 Å². The second kappa shape index (κ2) is 6.64. The van der Waals surface area contributed by atoms with Crippen LogP contribution in [0.15, 0.2) is 48.5 Å². The Balaban J connectivity index is 2.19. The molecule has 0 bridgehead atoms. The molecule has 0 amide bonds. The van der Waals surface area contributed by atoms with Gasteiger partial charge in [0.25, 0.3) is 11.6 Å². The number of carbonyl (C=O) groups excluding carboxylic acids is 4. The lowest BCUT2D eigenvalue weighted by Crippen LogP contribution is -2.30. The van der Waals surface area contributed by atoms with Crippen molar-refractivity contribution in [3.05, 3.63) is 69.7 Å². The highest BCUT2D eigenvalue weighted by Gasteiger charge is 2.30. The van der Waals surface area contributed by atoms with E-state index in [4.69, 9.17) is 23.2 Å². The molecule has 22 heavy (non-hydrogen) atoms. The van der Waals surface area contributed by atoms with Crippen LogP contribution < -0.4 is 0 Å². The molecule has 0 spiro atoms. The maximum Gasteiger partial charge on any atom is 0.277 e. The molecule has 0 N–H and O–H groups in total. The Morgan fingerprint density at radius 1 is 0.545 bits per heavy atom. The van der Waals surface area contributed by atoms with E-state index in [1.54, 1.807) is 0 Å². The number of hydrogen-bond donors (Lipinski definition) is 0. The molecule has 0 atom stereocenters. The van der Waals surface area contributed by atoms with E-state index in [1.807, 2.05) is 0 Å². The van der Waals surface area contributed by atoms with Crippen molar-refractivity contribution in [2.24, 2.45) is 0 Å². The van der Waals surface area contributed by atoms with E-state index >= 15 is 0 Å². The molecule has 0 fully saturated rings. The summed E-state index contributed by atoms with van der Waals surface area (Å²) < 4.78 is 0. The average molecular weight is 335 g/mol. The minimum Gasteiger partial charge on any atom is -0.285 e. The van der Waals surface area contributed by atoms with Gasteiger partial charge in [0.15, 0.2) is 0 Å². The summed E-state index contributed by atoms with van der Waals surface area (Å²) in [5.41, 5.74) is -0.0155. The van der Waals surface area contributed by atoms with Gasteiger partial charge in [0.1, 0.15) is 0 Å². The van der Waals surface area contributed by atoms with Crippen molar-refractivity contribution in [3.63, 3.8) is 0 Å². The molecule has 2 rings (SSSR count). The second-order valence-electron chi connectivity index (χ2n) is 4.33. The molecule has 0 saturated carbocycles. The van der Waals surface area contributed by atoms with E-state index < -0.39 is 23.1 Å². The molecule has 110 valence electrons. The molecule has 4 nitrogen and oxygen atoms in total. The van der Waals surface area contributed by atoms with Crippen LogP contribution in [-0.2, 0) is 9.59 Å². The van der Waals surface area contributed by atoms with Gasteiger partial charge in [-0.3, -0.25) is 19.2 Å². The Labute approximate surface area is 135 Å². The largest absolute Gasteiger partial charge is 0.285 e. The van der Waals surface area contributed by atoms with Crippen molar-refractivity contribution < 1.29 is 19.2 Å². The van der Waals surface area contributed by atoms with Crippen molar-refractivity contribution in [1.82, 2.24) is 0 Å². The summed E-state index contributed by atoms with van der Waals surface area (Å²) >= 11 is 11.3. The Morgan fingerprint density at radius 2 is 0.818 bits per heavy atom. The van der Waals surface area contributed by atoms with Gasteiger partial charge >= 0.3 is 0 Å². The molecular weight excluding hydrogens is 327 g/mol. The maximum absolute atomic E-state index is 11.9. The van der Waals surface area contributed by atoms with Gasteiger partial charge in [-0.25, -0.2) is 0 Å². The predicted molar refractivity (Wildman–Crippen MR) is 81.6 cm³/mol. The zero-order valence-electron chi connectivity index (χ0n) is 11.0. The van der Waals surface area contributed by atoms with Crippen LogP contribution in [0.5, 0.6) is 0 Å². The molecule has 0 aliphatic rings. The third-order valence-corrected chi connectivity index (χ3v) is 3.34. The van der Waals surface area contributed by atoms with E-state index in [2.05, 4.69) is 0 Å². The molecule has 0 saturated heterocycles. The lowest BCUT2D eigenvalue weighted by atomic mass is 9.99. The number of ketones is 4. The highest BCUT2D eigenvalue weighted by molar-refractivity contribution is 6.81. The topological polar surface area (TPSA) is 68.3 Å². The van der Waals surface area contributed by atoms with Gasteiger partial charge in [-0.15, -0.1) is 0 Å². The van der Waals surface area contributed by atoms with Gasteiger partial charge in [0.2, 0.25) is 11.6 Å². The zero-order valence-corrected chi connectivity index (χ0v) is 12.5. The minimum atomic E-state index is -1.39. The second-order valence-corrected chi connectivity index (χ2v) is 5.20. The Hall–Kier alpha value is -2.30. The normalized spacial score (nSPS) is 10.1. The molecule has 0 aliphatic heterocycles. The first-order chi connectivity index (χ1) is 10.4. The molecule has 2 aromatic carbocycles. The molecule has 6 heteroatoms. The van der Waals surface area contributed by atoms with Crippen molar-refractivity contribution >= 4 is 46.3 Å². The van der Waals surface area contributed by atoms with Crippen molar-refractivity contribution in [1.29, 1.82) is 0 Å². The van der Waals surface area contributed by atoms with Gasteiger partial charge < -0.3 is 0 Å². The molecule has 2 aromatic rings. The quantitative estimate of drug-likeness (QED) is 0.478. The highest BCUT2D eigenvalue weighted by Crippen LogP contribution is 2.13.